The fraction of sp³-hybridized carbons (Fsp3) is 0.500. The molecule has 1 aliphatic carbocycles. The topological polar surface area (TPSA) is 58.2 Å². The maximum absolute atomic E-state index is 12.9. The number of hydrogen-bond acceptors (Lipinski definition) is 3. The number of hydrogen-bond donors (Lipinski definition) is 1. The molecule has 1 aromatic carbocycles. The summed E-state index contributed by atoms with van der Waals surface area (Å²) in [5.41, 5.74) is 3.39. The predicted octanol–water partition coefficient (Wildman–Crippen LogP) is 3.24. The number of aryl methyl sites for hydroxylation is 1. The van der Waals surface area contributed by atoms with Gasteiger partial charge in [0.15, 0.2) is 0 Å². The van der Waals surface area contributed by atoms with E-state index in [1.165, 1.54) is 5.56 Å². The van der Waals surface area contributed by atoms with Crippen LogP contribution in [-0.4, -0.2) is 41.2 Å². The molecule has 3 atom stereocenters. The van der Waals surface area contributed by atoms with Crippen LogP contribution < -0.4 is 4.74 Å². The third kappa shape index (κ3) is 3.28. The van der Waals surface area contributed by atoms with Crippen LogP contribution in [0.15, 0.2) is 30.3 Å². The lowest BCUT2D eigenvalue weighted by Gasteiger charge is -2.32. The summed E-state index contributed by atoms with van der Waals surface area (Å²) in [5, 5.41) is 7.42. The molecule has 132 valence electrons. The minimum Gasteiger partial charge on any atom is -0.497 e. The summed E-state index contributed by atoms with van der Waals surface area (Å²) in [5.74, 6) is 2.01. The van der Waals surface area contributed by atoms with Crippen LogP contribution >= 0.6 is 0 Å². The minimum absolute atomic E-state index is 0.131. The van der Waals surface area contributed by atoms with Crippen LogP contribution in [0.25, 0.3) is 0 Å². The Morgan fingerprint density at radius 2 is 2.24 bits per heavy atom. The highest BCUT2D eigenvalue weighted by atomic mass is 16.5. The van der Waals surface area contributed by atoms with E-state index in [-0.39, 0.29) is 5.92 Å². The number of ether oxygens (including phenoxy) is 1. The van der Waals surface area contributed by atoms with Crippen LogP contribution in [0, 0.1) is 12.8 Å². The molecule has 5 nitrogen and oxygen atoms in total. The van der Waals surface area contributed by atoms with Gasteiger partial charge in [-0.1, -0.05) is 12.1 Å². The first kappa shape index (κ1) is 16.2. The summed E-state index contributed by atoms with van der Waals surface area (Å²) in [4.78, 5) is 15.0. The van der Waals surface area contributed by atoms with Gasteiger partial charge in [0, 0.05) is 30.6 Å². The molecule has 0 bridgehead atoms. The van der Waals surface area contributed by atoms with E-state index in [0.717, 1.165) is 49.5 Å². The van der Waals surface area contributed by atoms with Crippen molar-refractivity contribution >= 4 is 5.91 Å². The normalized spacial score (nSPS) is 25.7. The minimum atomic E-state index is 0.131. The predicted molar refractivity (Wildman–Crippen MR) is 95.7 cm³/mol. The van der Waals surface area contributed by atoms with Crippen molar-refractivity contribution in [2.75, 3.05) is 20.2 Å². The average molecular weight is 339 g/mol. The Bertz CT molecular complexity index is 770. The van der Waals surface area contributed by atoms with Crippen LogP contribution in [0.2, 0.25) is 0 Å². The Morgan fingerprint density at radius 3 is 3.00 bits per heavy atom. The van der Waals surface area contributed by atoms with E-state index >= 15 is 0 Å². The van der Waals surface area contributed by atoms with Crippen molar-refractivity contribution in [2.24, 2.45) is 5.92 Å². The number of aromatic nitrogens is 2. The molecule has 1 saturated carbocycles. The van der Waals surface area contributed by atoms with E-state index in [1.54, 1.807) is 7.11 Å². The number of amides is 1. The fourth-order valence-electron chi connectivity index (χ4n) is 4.01. The molecule has 25 heavy (non-hydrogen) atoms. The Balaban J connectivity index is 1.41. The van der Waals surface area contributed by atoms with E-state index < -0.39 is 0 Å². The van der Waals surface area contributed by atoms with Crippen LogP contribution in [0.3, 0.4) is 0 Å². The number of piperidine rings is 1. The number of aromatic amines is 1. The summed E-state index contributed by atoms with van der Waals surface area (Å²) in [6.45, 7) is 3.69. The first-order chi connectivity index (χ1) is 12.2. The molecule has 2 aliphatic rings. The first-order valence-corrected chi connectivity index (χ1v) is 9.10. The van der Waals surface area contributed by atoms with Gasteiger partial charge >= 0.3 is 0 Å². The van der Waals surface area contributed by atoms with Gasteiger partial charge < -0.3 is 9.64 Å². The van der Waals surface area contributed by atoms with Gasteiger partial charge in [0.1, 0.15) is 5.75 Å². The number of methoxy groups -OCH3 is 1. The second kappa shape index (κ2) is 6.54. The van der Waals surface area contributed by atoms with Gasteiger partial charge in [-0.15, -0.1) is 0 Å². The highest BCUT2D eigenvalue weighted by molar-refractivity contribution is 5.83. The van der Waals surface area contributed by atoms with Crippen molar-refractivity contribution in [1.29, 1.82) is 0 Å². The van der Waals surface area contributed by atoms with Crippen molar-refractivity contribution in [1.82, 2.24) is 15.1 Å². The fourth-order valence-corrected chi connectivity index (χ4v) is 4.01. The average Bonchev–Trinajstić information content (AvgIpc) is 3.34. The van der Waals surface area contributed by atoms with Crippen LogP contribution in [-0.2, 0) is 4.79 Å². The molecule has 2 heterocycles. The lowest BCUT2D eigenvalue weighted by atomic mass is 9.94. The Morgan fingerprint density at radius 1 is 1.36 bits per heavy atom. The third-order valence-corrected chi connectivity index (χ3v) is 5.51. The quantitative estimate of drug-likeness (QED) is 0.930. The molecule has 2 fully saturated rings. The second-order valence-corrected chi connectivity index (χ2v) is 7.32. The molecule has 2 aromatic rings. The number of nitrogens with one attached hydrogen (secondary N) is 1. The molecular formula is C20H25N3O2. The molecule has 4 rings (SSSR count). The smallest absolute Gasteiger partial charge is 0.226 e. The summed E-state index contributed by atoms with van der Waals surface area (Å²) in [7, 11) is 1.68. The number of likely N-dealkylation sites (tertiary alicyclic amines) is 1. The first-order valence-electron chi connectivity index (χ1n) is 9.10. The van der Waals surface area contributed by atoms with Gasteiger partial charge in [-0.25, -0.2) is 0 Å². The van der Waals surface area contributed by atoms with Crippen molar-refractivity contribution < 1.29 is 9.53 Å². The van der Waals surface area contributed by atoms with Crippen molar-refractivity contribution in [2.45, 2.75) is 38.0 Å². The van der Waals surface area contributed by atoms with Gasteiger partial charge in [0.2, 0.25) is 5.91 Å². The summed E-state index contributed by atoms with van der Waals surface area (Å²) < 4.78 is 5.30. The maximum Gasteiger partial charge on any atom is 0.226 e. The molecule has 5 heteroatoms. The number of carbonyl (C=O) groups excluding carboxylic acids is 1. The highest BCUT2D eigenvalue weighted by Gasteiger charge is 2.46. The van der Waals surface area contributed by atoms with Gasteiger partial charge in [0.25, 0.3) is 0 Å². The molecule has 0 radical (unpaired) electrons. The lowest BCUT2D eigenvalue weighted by molar-refractivity contribution is -0.133. The molecule has 1 saturated heterocycles. The summed E-state index contributed by atoms with van der Waals surface area (Å²) >= 11 is 0. The van der Waals surface area contributed by atoms with Crippen molar-refractivity contribution in [3.63, 3.8) is 0 Å². The Labute approximate surface area is 148 Å². The van der Waals surface area contributed by atoms with Crippen LogP contribution in [0.4, 0.5) is 0 Å². The standard InChI is InChI=1S/C20H25N3O2/c1-13-9-19(22-21-13)15-6-4-8-23(12-15)20(24)18-11-17(18)14-5-3-7-16(10-14)25-2/h3,5,7,9-10,15,17-18H,4,6,8,11-12H2,1-2H3,(H,21,22)/t15-,17-,18+/m0/s1. The number of rotatable bonds is 4. The number of carbonyl (C=O) groups is 1. The van der Waals surface area contributed by atoms with Crippen molar-refractivity contribution in [3.8, 4) is 5.75 Å². The van der Waals surface area contributed by atoms with Gasteiger partial charge in [0.05, 0.1) is 12.8 Å². The monoisotopic (exact) mass is 339 g/mol. The molecule has 0 spiro atoms. The third-order valence-electron chi connectivity index (χ3n) is 5.51. The summed E-state index contributed by atoms with van der Waals surface area (Å²) in [6.07, 6.45) is 3.12. The molecule has 1 aromatic heterocycles. The highest BCUT2D eigenvalue weighted by Crippen LogP contribution is 2.49. The van der Waals surface area contributed by atoms with Gasteiger partial charge in [-0.2, -0.15) is 5.10 Å². The second-order valence-electron chi connectivity index (χ2n) is 7.32. The Hall–Kier alpha value is -2.30. The molecular weight excluding hydrogens is 314 g/mol. The van der Waals surface area contributed by atoms with E-state index in [9.17, 15) is 4.79 Å². The van der Waals surface area contributed by atoms with Gasteiger partial charge in [-0.05, 0) is 55.9 Å². The zero-order chi connectivity index (χ0) is 17.4. The van der Waals surface area contributed by atoms with Crippen molar-refractivity contribution in [3.05, 3.63) is 47.3 Å². The SMILES string of the molecule is COc1cccc([C@@H]2C[C@H]2C(=O)N2CCC[C@H](c3cc(C)[nH]n3)C2)c1. The molecule has 1 N–H and O–H groups in total. The zero-order valence-corrected chi connectivity index (χ0v) is 14.9. The van der Waals surface area contributed by atoms with E-state index in [2.05, 4.69) is 33.3 Å². The van der Waals surface area contributed by atoms with Crippen LogP contribution in [0.1, 0.15) is 48.0 Å². The number of nitrogens with zero attached hydrogens (tertiary/aromatic N) is 2. The molecule has 1 amide bonds. The lowest BCUT2D eigenvalue weighted by Crippen LogP contribution is -2.40. The Kier molecular flexibility index (Phi) is 4.24. The molecule has 1 aliphatic heterocycles. The largest absolute Gasteiger partial charge is 0.497 e. The zero-order valence-electron chi connectivity index (χ0n) is 14.9. The van der Waals surface area contributed by atoms with E-state index in [4.69, 9.17) is 4.74 Å². The van der Waals surface area contributed by atoms with Crippen LogP contribution in [0.5, 0.6) is 5.75 Å². The van der Waals surface area contributed by atoms with Gasteiger partial charge in [-0.3, -0.25) is 9.89 Å². The summed E-state index contributed by atoms with van der Waals surface area (Å²) in [6, 6.07) is 10.2. The number of benzene rings is 1. The van der Waals surface area contributed by atoms with E-state index in [0.29, 0.717) is 17.7 Å². The maximum atomic E-state index is 12.9. The molecule has 0 unspecified atom stereocenters. The number of H-pyrrole nitrogens is 1. The van der Waals surface area contributed by atoms with E-state index in [1.807, 2.05) is 19.1 Å².